The number of fused-ring (bicyclic) bond motifs is 1. The van der Waals surface area contributed by atoms with Crippen molar-refractivity contribution in [2.75, 3.05) is 5.32 Å². The molecule has 0 unspecified atom stereocenters. The first-order valence-electron chi connectivity index (χ1n) is 7.00. The molecule has 0 saturated heterocycles. The lowest BCUT2D eigenvalue weighted by Gasteiger charge is -2.09. The summed E-state index contributed by atoms with van der Waals surface area (Å²) in [4.78, 5) is 22.5. The number of carbonyl (C=O) groups is 1. The molecule has 0 saturated carbocycles. The van der Waals surface area contributed by atoms with Crippen LogP contribution in [0.1, 0.15) is 15.9 Å². The van der Waals surface area contributed by atoms with Crippen molar-refractivity contribution in [3.8, 4) is 11.5 Å². The van der Waals surface area contributed by atoms with Gasteiger partial charge in [-0.2, -0.15) is 0 Å². The van der Waals surface area contributed by atoms with Crippen LogP contribution in [-0.4, -0.2) is 21.3 Å². The molecule has 0 atom stereocenters. The van der Waals surface area contributed by atoms with Gasteiger partial charge in [-0.3, -0.25) is 0 Å². The molecule has 24 heavy (non-hydrogen) atoms. The number of aromatic hydroxyl groups is 2. The van der Waals surface area contributed by atoms with E-state index in [1.165, 1.54) is 30.3 Å². The van der Waals surface area contributed by atoms with Gasteiger partial charge in [0.25, 0.3) is 0 Å². The van der Waals surface area contributed by atoms with Gasteiger partial charge < -0.3 is 25.1 Å². The van der Waals surface area contributed by atoms with E-state index in [0.29, 0.717) is 16.6 Å². The van der Waals surface area contributed by atoms with E-state index in [4.69, 9.17) is 9.52 Å². The highest BCUT2D eigenvalue weighted by atomic mass is 16.4. The minimum Gasteiger partial charge on any atom is -0.504 e. The van der Waals surface area contributed by atoms with Crippen molar-refractivity contribution in [3.05, 3.63) is 64.0 Å². The summed E-state index contributed by atoms with van der Waals surface area (Å²) in [5.41, 5.74) is 0.997. The van der Waals surface area contributed by atoms with E-state index in [-0.39, 0.29) is 29.2 Å². The molecule has 0 amide bonds. The van der Waals surface area contributed by atoms with Gasteiger partial charge in [0.05, 0.1) is 5.56 Å². The van der Waals surface area contributed by atoms with Crippen LogP contribution in [0, 0.1) is 0 Å². The largest absolute Gasteiger partial charge is 0.504 e. The average Bonchev–Trinajstić information content (AvgIpc) is 2.54. The number of rotatable bonds is 4. The molecule has 4 N–H and O–H groups in total. The maximum Gasteiger partial charge on any atom is 0.336 e. The van der Waals surface area contributed by atoms with Gasteiger partial charge in [-0.05, 0) is 35.9 Å². The minimum absolute atomic E-state index is 0.163. The van der Waals surface area contributed by atoms with E-state index in [2.05, 4.69) is 5.32 Å². The Hall–Kier alpha value is -3.48. The molecule has 0 aliphatic heterocycles. The Morgan fingerprint density at radius 2 is 1.71 bits per heavy atom. The van der Waals surface area contributed by atoms with Crippen molar-refractivity contribution in [2.24, 2.45) is 0 Å². The van der Waals surface area contributed by atoms with Gasteiger partial charge in [0.2, 0.25) is 0 Å². The highest BCUT2D eigenvalue weighted by molar-refractivity contribution is 5.88. The van der Waals surface area contributed by atoms with Crippen LogP contribution < -0.4 is 10.9 Å². The Morgan fingerprint density at radius 1 is 1.04 bits per heavy atom. The van der Waals surface area contributed by atoms with Gasteiger partial charge in [0.15, 0.2) is 11.5 Å². The number of hydrogen-bond acceptors (Lipinski definition) is 6. The number of nitrogens with one attached hydrogen (secondary N) is 1. The van der Waals surface area contributed by atoms with E-state index in [0.717, 1.165) is 0 Å². The summed E-state index contributed by atoms with van der Waals surface area (Å²) in [6.45, 7) is 0.249. The van der Waals surface area contributed by atoms with Gasteiger partial charge in [0.1, 0.15) is 5.58 Å². The number of benzene rings is 2. The van der Waals surface area contributed by atoms with Crippen LogP contribution in [-0.2, 0) is 6.54 Å². The third-order valence-corrected chi connectivity index (χ3v) is 3.54. The predicted molar refractivity (Wildman–Crippen MR) is 86.5 cm³/mol. The first-order chi connectivity index (χ1) is 11.4. The SMILES string of the molecule is O=C(O)c1ccc(NCc2cc(=O)oc3cc(O)c(O)cc23)cc1. The Kier molecular flexibility index (Phi) is 3.83. The number of phenolic OH excluding ortho intramolecular Hbond substituents is 2. The number of carboxylic acids is 1. The Bertz CT molecular complexity index is 975. The lowest BCUT2D eigenvalue weighted by molar-refractivity contribution is 0.0697. The standard InChI is InChI=1S/C17H13NO6/c19-13-6-12-10(5-16(21)24-15(12)7-14(13)20)8-18-11-3-1-9(2-4-11)17(22)23/h1-7,18-20H,8H2,(H,22,23). The quantitative estimate of drug-likeness (QED) is 0.429. The Morgan fingerprint density at radius 3 is 2.38 bits per heavy atom. The number of carboxylic acid groups (broad SMARTS) is 1. The van der Waals surface area contributed by atoms with Crippen LogP contribution in [0.5, 0.6) is 11.5 Å². The van der Waals surface area contributed by atoms with Crippen molar-refractivity contribution in [1.29, 1.82) is 0 Å². The van der Waals surface area contributed by atoms with Gasteiger partial charge >= 0.3 is 11.6 Å². The first-order valence-corrected chi connectivity index (χ1v) is 7.00. The number of aromatic carboxylic acids is 1. The van der Waals surface area contributed by atoms with Crippen molar-refractivity contribution >= 4 is 22.6 Å². The average molecular weight is 327 g/mol. The fourth-order valence-corrected chi connectivity index (χ4v) is 2.33. The molecule has 0 aliphatic rings. The molecular weight excluding hydrogens is 314 g/mol. The smallest absolute Gasteiger partial charge is 0.336 e. The number of phenols is 2. The zero-order chi connectivity index (χ0) is 17.3. The molecule has 122 valence electrons. The van der Waals surface area contributed by atoms with Gasteiger partial charge in [-0.25, -0.2) is 9.59 Å². The zero-order valence-electron chi connectivity index (χ0n) is 12.3. The van der Waals surface area contributed by atoms with Crippen molar-refractivity contribution in [3.63, 3.8) is 0 Å². The molecule has 0 fully saturated rings. The Balaban J connectivity index is 1.90. The third kappa shape index (κ3) is 3.00. The summed E-state index contributed by atoms with van der Waals surface area (Å²) in [5, 5.41) is 31.6. The maximum atomic E-state index is 11.6. The van der Waals surface area contributed by atoms with Crippen LogP contribution in [0.4, 0.5) is 5.69 Å². The zero-order valence-corrected chi connectivity index (χ0v) is 12.3. The molecule has 3 aromatic rings. The highest BCUT2D eigenvalue weighted by Gasteiger charge is 2.10. The summed E-state index contributed by atoms with van der Waals surface area (Å²) >= 11 is 0. The molecular formula is C17H13NO6. The molecule has 7 nitrogen and oxygen atoms in total. The second kappa shape index (κ2) is 5.96. The molecule has 3 rings (SSSR count). The van der Waals surface area contributed by atoms with Crippen molar-refractivity contribution in [1.82, 2.24) is 0 Å². The molecule has 0 spiro atoms. The molecule has 7 heteroatoms. The molecule has 1 heterocycles. The lowest BCUT2D eigenvalue weighted by Crippen LogP contribution is -2.06. The van der Waals surface area contributed by atoms with E-state index in [9.17, 15) is 19.8 Å². The molecule has 0 radical (unpaired) electrons. The molecule has 0 bridgehead atoms. The number of hydrogen-bond donors (Lipinski definition) is 4. The fourth-order valence-electron chi connectivity index (χ4n) is 2.33. The molecule has 2 aromatic carbocycles. The second-order valence-electron chi connectivity index (χ2n) is 5.16. The lowest BCUT2D eigenvalue weighted by atomic mass is 10.1. The summed E-state index contributed by atoms with van der Waals surface area (Å²) in [6, 6.07) is 9.94. The van der Waals surface area contributed by atoms with E-state index in [1.54, 1.807) is 12.1 Å². The minimum atomic E-state index is -1.01. The van der Waals surface area contributed by atoms with Crippen LogP contribution in [0.25, 0.3) is 11.0 Å². The summed E-state index contributed by atoms with van der Waals surface area (Å²) < 4.78 is 5.01. The van der Waals surface area contributed by atoms with Gasteiger partial charge in [-0.1, -0.05) is 0 Å². The highest BCUT2D eigenvalue weighted by Crippen LogP contribution is 2.31. The van der Waals surface area contributed by atoms with Gasteiger partial charge in [-0.15, -0.1) is 0 Å². The topological polar surface area (TPSA) is 120 Å². The van der Waals surface area contributed by atoms with E-state index >= 15 is 0 Å². The maximum absolute atomic E-state index is 11.6. The van der Waals surface area contributed by atoms with Crippen molar-refractivity contribution < 1.29 is 24.5 Å². The van der Waals surface area contributed by atoms with Crippen molar-refractivity contribution in [2.45, 2.75) is 6.54 Å². The Labute approximate surface area is 135 Å². The van der Waals surface area contributed by atoms with Gasteiger partial charge in [0, 0.05) is 29.8 Å². The fraction of sp³-hybridized carbons (Fsp3) is 0.0588. The second-order valence-corrected chi connectivity index (χ2v) is 5.16. The van der Waals surface area contributed by atoms with Crippen LogP contribution >= 0.6 is 0 Å². The number of anilines is 1. The predicted octanol–water partition coefficient (Wildman–Crippen LogP) is 2.51. The van der Waals surface area contributed by atoms with Crippen LogP contribution in [0.15, 0.2) is 51.7 Å². The summed E-state index contributed by atoms with van der Waals surface area (Å²) in [6.07, 6.45) is 0. The van der Waals surface area contributed by atoms with Crippen LogP contribution in [0.3, 0.4) is 0 Å². The summed E-state index contributed by atoms with van der Waals surface area (Å²) in [7, 11) is 0. The van der Waals surface area contributed by atoms with Crippen LogP contribution in [0.2, 0.25) is 0 Å². The van der Waals surface area contributed by atoms with E-state index < -0.39 is 11.6 Å². The first kappa shape index (κ1) is 15.4. The van der Waals surface area contributed by atoms with E-state index in [1.807, 2.05) is 0 Å². The third-order valence-electron chi connectivity index (χ3n) is 3.54. The monoisotopic (exact) mass is 327 g/mol. The normalized spacial score (nSPS) is 10.7. The summed E-state index contributed by atoms with van der Waals surface area (Å²) in [5.74, 6) is -1.70. The molecule has 0 aliphatic carbocycles. The molecule has 1 aromatic heterocycles.